The molecule has 0 saturated carbocycles. The number of fused-ring (bicyclic) bond motifs is 1. The summed E-state index contributed by atoms with van der Waals surface area (Å²) < 4.78 is 7.01. The van der Waals surface area contributed by atoms with E-state index in [0.29, 0.717) is 12.5 Å². The summed E-state index contributed by atoms with van der Waals surface area (Å²) in [5.74, 6) is 0.436. The van der Waals surface area contributed by atoms with Crippen molar-refractivity contribution in [1.82, 2.24) is 9.78 Å². The van der Waals surface area contributed by atoms with Crippen molar-refractivity contribution in [3.8, 4) is 0 Å². The zero-order valence-electron chi connectivity index (χ0n) is 11.3. The smallest absolute Gasteiger partial charge is 0.0941 e. The van der Waals surface area contributed by atoms with Gasteiger partial charge in [-0.1, -0.05) is 25.4 Å². The molecule has 0 spiro atoms. The van der Waals surface area contributed by atoms with E-state index in [-0.39, 0.29) is 0 Å². The number of hydrogen-bond donors (Lipinski definition) is 0. The van der Waals surface area contributed by atoms with Crippen LogP contribution in [0.5, 0.6) is 0 Å². The summed E-state index contributed by atoms with van der Waals surface area (Å²) in [5.41, 5.74) is 3.41. The highest BCUT2D eigenvalue weighted by molar-refractivity contribution is 6.32. The lowest BCUT2D eigenvalue weighted by Crippen LogP contribution is -2.03. The Labute approximate surface area is 113 Å². The van der Waals surface area contributed by atoms with Gasteiger partial charge in [-0.2, -0.15) is 5.10 Å². The second-order valence-electron chi connectivity index (χ2n) is 4.87. The van der Waals surface area contributed by atoms with Gasteiger partial charge in [0.05, 0.1) is 18.7 Å². The maximum atomic E-state index is 6.28. The molecule has 0 bridgehead atoms. The zero-order valence-corrected chi connectivity index (χ0v) is 12.1. The van der Waals surface area contributed by atoms with Crippen molar-refractivity contribution >= 4 is 22.5 Å². The average Bonchev–Trinajstić information content (AvgIpc) is 2.69. The molecule has 18 heavy (non-hydrogen) atoms. The van der Waals surface area contributed by atoms with Crippen LogP contribution in [0.2, 0.25) is 5.02 Å². The molecular weight excluding hydrogens is 248 g/mol. The van der Waals surface area contributed by atoms with Gasteiger partial charge in [0.15, 0.2) is 0 Å². The fourth-order valence-electron chi connectivity index (χ4n) is 2.35. The Bertz CT molecular complexity index is 560. The molecule has 2 aromatic rings. The van der Waals surface area contributed by atoms with Crippen molar-refractivity contribution in [2.45, 2.75) is 33.2 Å². The SMILES string of the molecule is COCCn1cc2c(C(C)C)c(C)c(Cl)cc2n1. The quantitative estimate of drug-likeness (QED) is 0.842. The van der Waals surface area contributed by atoms with Crippen molar-refractivity contribution < 1.29 is 4.74 Å². The molecule has 1 heterocycles. The normalized spacial score (nSPS) is 11.7. The molecule has 3 nitrogen and oxygen atoms in total. The Kier molecular flexibility index (Phi) is 3.93. The standard InChI is InChI=1S/C14H19ClN2O/c1-9(2)14-10(3)12(15)7-13-11(14)8-17(16-13)5-6-18-4/h7-9H,5-6H2,1-4H3. The number of aromatic nitrogens is 2. The summed E-state index contributed by atoms with van der Waals surface area (Å²) in [6.07, 6.45) is 2.09. The number of rotatable bonds is 4. The van der Waals surface area contributed by atoms with E-state index in [0.717, 1.165) is 22.6 Å². The number of halogens is 1. The Morgan fingerprint density at radius 2 is 2.17 bits per heavy atom. The van der Waals surface area contributed by atoms with Gasteiger partial charge in [0.25, 0.3) is 0 Å². The Hall–Kier alpha value is -1.06. The Morgan fingerprint density at radius 1 is 1.44 bits per heavy atom. The summed E-state index contributed by atoms with van der Waals surface area (Å²) in [4.78, 5) is 0. The van der Waals surface area contributed by atoms with Crippen LogP contribution in [-0.4, -0.2) is 23.5 Å². The number of methoxy groups -OCH3 is 1. The molecule has 98 valence electrons. The fraction of sp³-hybridized carbons (Fsp3) is 0.500. The first kappa shape index (κ1) is 13.4. The molecular formula is C14H19ClN2O. The lowest BCUT2D eigenvalue weighted by Gasteiger charge is -2.12. The lowest BCUT2D eigenvalue weighted by atomic mass is 9.94. The molecule has 0 radical (unpaired) electrons. The van der Waals surface area contributed by atoms with Gasteiger partial charge >= 0.3 is 0 Å². The maximum absolute atomic E-state index is 6.28. The minimum atomic E-state index is 0.436. The molecule has 1 aromatic heterocycles. The second-order valence-corrected chi connectivity index (χ2v) is 5.28. The van der Waals surface area contributed by atoms with Crippen molar-refractivity contribution in [3.63, 3.8) is 0 Å². The number of ether oxygens (including phenoxy) is 1. The topological polar surface area (TPSA) is 27.1 Å². The van der Waals surface area contributed by atoms with Gasteiger partial charge in [-0.25, -0.2) is 0 Å². The van der Waals surface area contributed by atoms with Crippen LogP contribution < -0.4 is 0 Å². The average molecular weight is 267 g/mol. The van der Waals surface area contributed by atoms with Gasteiger partial charge in [-0.05, 0) is 30.0 Å². The molecule has 0 aliphatic carbocycles. The molecule has 0 saturated heterocycles. The van der Waals surface area contributed by atoms with Gasteiger partial charge in [0.1, 0.15) is 0 Å². The summed E-state index contributed by atoms with van der Waals surface area (Å²) in [6.45, 7) is 7.87. The molecule has 0 unspecified atom stereocenters. The van der Waals surface area contributed by atoms with Crippen LogP contribution in [0.3, 0.4) is 0 Å². The van der Waals surface area contributed by atoms with Crippen LogP contribution in [0.15, 0.2) is 12.3 Å². The fourth-order valence-corrected chi connectivity index (χ4v) is 2.56. The molecule has 0 N–H and O–H groups in total. The number of nitrogens with zero attached hydrogens (tertiary/aromatic N) is 2. The molecule has 0 aliphatic heterocycles. The summed E-state index contributed by atoms with van der Waals surface area (Å²) >= 11 is 6.28. The molecule has 0 aliphatic rings. The highest BCUT2D eigenvalue weighted by atomic mass is 35.5. The van der Waals surface area contributed by atoms with Crippen LogP contribution in [0.1, 0.15) is 30.9 Å². The molecule has 0 atom stereocenters. The molecule has 0 amide bonds. The van der Waals surface area contributed by atoms with Gasteiger partial charge in [-0.3, -0.25) is 4.68 Å². The first-order valence-electron chi connectivity index (χ1n) is 6.19. The van der Waals surface area contributed by atoms with Crippen molar-refractivity contribution in [2.75, 3.05) is 13.7 Å². The second kappa shape index (κ2) is 5.29. The van der Waals surface area contributed by atoms with E-state index in [2.05, 4.69) is 32.1 Å². The number of hydrogen-bond acceptors (Lipinski definition) is 2. The monoisotopic (exact) mass is 266 g/mol. The van der Waals surface area contributed by atoms with Gasteiger partial charge in [-0.15, -0.1) is 0 Å². The molecule has 0 fully saturated rings. The first-order valence-corrected chi connectivity index (χ1v) is 6.57. The highest BCUT2D eigenvalue weighted by Crippen LogP contribution is 2.32. The van der Waals surface area contributed by atoms with Gasteiger partial charge < -0.3 is 4.74 Å². The van der Waals surface area contributed by atoms with E-state index in [1.165, 1.54) is 10.9 Å². The third-order valence-electron chi connectivity index (χ3n) is 3.21. The van der Waals surface area contributed by atoms with Crippen LogP contribution in [0.25, 0.3) is 10.9 Å². The van der Waals surface area contributed by atoms with Gasteiger partial charge in [0.2, 0.25) is 0 Å². The minimum absolute atomic E-state index is 0.436. The van der Waals surface area contributed by atoms with Crippen LogP contribution in [0.4, 0.5) is 0 Å². The summed E-state index contributed by atoms with van der Waals surface area (Å²) in [7, 11) is 1.70. The summed E-state index contributed by atoms with van der Waals surface area (Å²) in [5, 5.41) is 6.54. The molecule has 1 aromatic carbocycles. The van der Waals surface area contributed by atoms with Crippen molar-refractivity contribution in [3.05, 3.63) is 28.4 Å². The predicted octanol–water partition coefficient (Wildman–Crippen LogP) is 3.77. The van der Waals surface area contributed by atoms with E-state index in [4.69, 9.17) is 16.3 Å². The van der Waals surface area contributed by atoms with Crippen molar-refractivity contribution in [1.29, 1.82) is 0 Å². The third-order valence-corrected chi connectivity index (χ3v) is 3.60. The maximum Gasteiger partial charge on any atom is 0.0941 e. The number of benzene rings is 1. The predicted molar refractivity (Wildman–Crippen MR) is 75.4 cm³/mol. The van der Waals surface area contributed by atoms with Gasteiger partial charge in [0, 0.05) is 23.7 Å². The highest BCUT2D eigenvalue weighted by Gasteiger charge is 2.14. The molecule has 2 rings (SSSR count). The largest absolute Gasteiger partial charge is 0.383 e. The van der Waals surface area contributed by atoms with E-state index >= 15 is 0 Å². The lowest BCUT2D eigenvalue weighted by molar-refractivity contribution is 0.184. The Balaban J connectivity index is 2.57. The van der Waals surface area contributed by atoms with E-state index < -0.39 is 0 Å². The molecule has 4 heteroatoms. The van der Waals surface area contributed by atoms with Crippen LogP contribution >= 0.6 is 11.6 Å². The van der Waals surface area contributed by atoms with Crippen LogP contribution in [0, 0.1) is 6.92 Å². The van der Waals surface area contributed by atoms with E-state index in [9.17, 15) is 0 Å². The summed E-state index contributed by atoms with van der Waals surface area (Å²) in [6, 6.07) is 1.95. The third kappa shape index (κ3) is 2.38. The van der Waals surface area contributed by atoms with E-state index in [1.54, 1.807) is 7.11 Å². The van der Waals surface area contributed by atoms with Crippen molar-refractivity contribution in [2.24, 2.45) is 0 Å². The zero-order chi connectivity index (χ0) is 13.3. The van der Waals surface area contributed by atoms with E-state index in [1.807, 2.05) is 10.7 Å². The van der Waals surface area contributed by atoms with Crippen LogP contribution in [-0.2, 0) is 11.3 Å². The Morgan fingerprint density at radius 3 is 2.78 bits per heavy atom. The first-order chi connectivity index (χ1) is 8.54. The minimum Gasteiger partial charge on any atom is -0.383 e.